The molecule has 1 aromatic heterocycles. The SMILES string of the molecule is CCCCCCCCCCCCCC(=O)OCC[n+]1ccc(C)cc1.[Cl-]. The molecule has 1 aromatic rings. The predicted octanol–water partition coefficient (Wildman–Crippen LogP) is 2.53. The quantitative estimate of drug-likeness (QED) is 0.264. The van der Waals surface area contributed by atoms with Crippen molar-refractivity contribution in [2.75, 3.05) is 6.61 Å². The molecule has 0 unspecified atom stereocenters. The van der Waals surface area contributed by atoms with Crippen LogP contribution in [0.5, 0.6) is 0 Å². The number of ether oxygens (including phenoxy) is 1. The summed E-state index contributed by atoms with van der Waals surface area (Å²) < 4.78 is 7.35. The maximum Gasteiger partial charge on any atom is 0.306 e. The molecule has 0 saturated heterocycles. The number of carbonyl (C=O) groups is 1. The summed E-state index contributed by atoms with van der Waals surface area (Å²) >= 11 is 0. The molecule has 26 heavy (non-hydrogen) atoms. The van der Waals surface area contributed by atoms with E-state index in [1.807, 2.05) is 17.0 Å². The Labute approximate surface area is 166 Å². The number of halogens is 1. The van der Waals surface area contributed by atoms with E-state index in [9.17, 15) is 4.79 Å². The third kappa shape index (κ3) is 14.1. The zero-order chi connectivity index (χ0) is 18.2. The molecular formula is C22H38ClNO2. The Bertz CT molecular complexity index is 448. The van der Waals surface area contributed by atoms with Crippen LogP contribution in [-0.2, 0) is 16.1 Å². The summed E-state index contributed by atoms with van der Waals surface area (Å²) in [6.45, 7) is 5.52. The Morgan fingerprint density at radius 2 is 1.38 bits per heavy atom. The van der Waals surface area contributed by atoms with Gasteiger partial charge in [0.05, 0.1) is 0 Å². The lowest BCUT2D eigenvalue weighted by Gasteiger charge is -2.04. The number of unbranched alkanes of at least 4 members (excludes halogenated alkanes) is 10. The minimum absolute atomic E-state index is 0. The monoisotopic (exact) mass is 383 g/mol. The minimum atomic E-state index is -0.0522. The molecule has 0 aliphatic rings. The van der Waals surface area contributed by atoms with Crippen molar-refractivity contribution in [1.82, 2.24) is 0 Å². The highest BCUT2D eigenvalue weighted by molar-refractivity contribution is 5.69. The Balaban J connectivity index is 0.00000625. The number of hydrogen-bond donors (Lipinski definition) is 0. The van der Waals surface area contributed by atoms with Gasteiger partial charge in [0, 0.05) is 18.6 Å². The van der Waals surface area contributed by atoms with Crippen LogP contribution in [-0.4, -0.2) is 12.6 Å². The number of carbonyl (C=O) groups excluding carboxylic acids is 1. The number of esters is 1. The van der Waals surface area contributed by atoms with Crippen molar-refractivity contribution in [3.63, 3.8) is 0 Å². The molecule has 0 aliphatic carbocycles. The average molecular weight is 384 g/mol. The third-order valence-corrected chi connectivity index (χ3v) is 4.65. The first-order valence-electron chi connectivity index (χ1n) is 10.3. The summed E-state index contributed by atoms with van der Waals surface area (Å²) in [6.07, 6.45) is 18.9. The summed E-state index contributed by atoms with van der Waals surface area (Å²) in [5.74, 6) is -0.0522. The fourth-order valence-corrected chi connectivity index (χ4v) is 2.95. The molecule has 0 spiro atoms. The fraction of sp³-hybridized carbons (Fsp3) is 0.727. The first-order chi connectivity index (χ1) is 12.2. The van der Waals surface area contributed by atoms with E-state index in [0.717, 1.165) is 19.4 Å². The van der Waals surface area contributed by atoms with Gasteiger partial charge in [0.15, 0.2) is 25.5 Å². The highest BCUT2D eigenvalue weighted by Crippen LogP contribution is 2.12. The maximum absolute atomic E-state index is 11.7. The molecule has 1 rings (SSSR count). The van der Waals surface area contributed by atoms with Crippen LogP contribution in [0, 0.1) is 6.92 Å². The largest absolute Gasteiger partial charge is 1.00 e. The molecule has 0 aliphatic heterocycles. The highest BCUT2D eigenvalue weighted by atomic mass is 35.5. The van der Waals surface area contributed by atoms with Crippen LogP contribution in [0.1, 0.15) is 89.5 Å². The van der Waals surface area contributed by atoms with Gasteiger partial charge in [-0.05, 0) is 18.9 Å². The van der Waals surface area contributed by atoms with Gasteiger partial charge < -0.3 is 17.1 Å². The van der Waals surface area contributed by atoms with Gasteiger partial charge >= 0.3 is 5.97 Å². The first-order valence-corrected chi connectivity index (χ1v) is 10.3. The van der Waals surface area contributed by atoms with Crippen LogP contribution in [0.2, 0.25) is 0 Å². The second-order valence-electron chi connectivity index (χ2n) is 7.12. The van der Waals surface area contributed by atoms with E-state index in [4.69, 9.17) is 4.74 Å². The van der Waals surface area contributed by atoms with Crippen molar-refractivity contribution in [3.05, 3.63) is 30.1 Å². The maximum atomic E-state index is 11.7. The smallest absolute Gasteiger partial charge is 0.306 e. The number of aryl methyl sites for hydroxylation is 1. The molecule has 150 valence electrons. The van der Waals surface area contributed by atoms with Crippen LogP contribution in [0.25, 0.3) is 0 Å². The van der Waals surface area contributed by atoms with Gasteiger partial charge in [-0.2, -0.15) is 0 Å². The molecular weight excluding hydrogens is 346 g/mol. The summed E-state index contributed by atoms with van der Waals surface area (Å²) in [7, 11) is 0. The Morgan fingerprint density at radius 3 is 1.92 bits per heavy atom. The molecule has 1 heterocycles. The van der Waals surface area contributed by atoms with Crippen molar-refractivity contribution in [3.8, 4) is 0 Å². The lowest BCUT2D eigenvalue weighted by molar-refractivity contribution is -0.698. The number of rotatable bonds is 15. The molecule has 0 saturated carbocycles. The Kier molecular flexibility index (Phi) is 16.6. The van der Waals surface area contributed by atoms with Crippen molar-refractivity contribution in [1.29, 1.82) is 0 Å². The van der Waals surface area contributed by atoms with Gasteiger partial charge in [0.2, 0.25) is 0 Å². The standard InChI is InChI=1S/C22H38NO2.ClH/c1-3-4-5-6-7-8-9-10-11-12-13-14-22(24)25-20-19-23-17-15-21(2)16-18-23;/h15-18H,3-14,19-20H2,1-2H3;1H/q+1;/p-1. The van der Waals surface area contributed by atoms with Gasteiger partial charge in [0.25, 0.3) is 0 Å². The topological polar surface area (TPSA) is 30.2 Å². The van der Waals surface area contributed by atoms with E-state index in [2.05, 4.69) is 26.0 Å². The Morgan fingerprint density at radius 1 is 0.885 bits per heavy atom. The molecule has 0 atom stereocenters. The van der Waals surface area contributed by atoms with Gasteiger partial charge in [-0.3, -0.25) is 4.79 Å². The molecule has 0 radical (unpaired) electrons. The Hall–Kier alpha value is -1.09. The van der Waals surface area contributed by atoms with Crippen LogP contribution < -0.4 is 17.0 Å². The third-order valence-electron chi connectivity index (χ3n) is 4.65. The molecule has 4 heteroatoms. The van der Waals surface area contributed by atoms with Crippen LogP contribution in [0.3, 0.4) is 0 Å². The predicted molar refractivity (Wildman–Crippen MR) is 103 cm³/mol. The zero-order valence-corrected chi connectivity index (χ0v) is 17.6. The molecule has 0 amide bonds. The van der Waals surface area contributed by atoms with Gasteiger partial charge in [-0.1, -0.05) is 71.1 Å². The molecule has 0 fully saturated rings. The molecule has 3 nitrogen and oxygen atoms in total. The normalized spacial score (nSPS) is 10.4. The lowest BCUT2D eigenvalue weighted by atomic mass is 10.1. The summed E-state index contributed by atoms with van der Waals surface area (Å²) in [5.41, 5.74) is 1.24. The van der Waals surface area contributed by atoms with Crippen molar-refractivity contribution >= 4 is 5.97 Å². The highest BCUT2D eigenvalue weighted by Gasteiger charge is 2.05. The molecule has 0 bridgehead atoms. The van der Waals surface area contributed by atoms with E-state index in [1.165, 1.54) is 63.4 Å². The number of nitrogens with zero attached hydrogens (tertiary/aromatic N) is 1. The second-order valence-corrected chi connectivity index (χ2v) is 7.12. The van der Waals surface area contributed by atoms with Crippen LogP contribution in [0.4, 0.5) is 0 Å². The van der Waals surface area contributed by atoms with Gasteiger partial charge in [0.1, 0.15) is 0 Å². The van der Waals surface area contributed by atoms with Crippen LogP contribution in [0.15, 0.2) is 24.5 Å². The number of hydrogen-bond acceptors (Lipinski definition) is 2. The van der Waals surface area contributed by atoms with Crippen molar-refractivity contribution < 1.29 is 26.5 Å². The average Bonchev–Trinajstić information content (AvgIpc) is 2.61. The number of aromatic nitrogens is 1. The molecule has 0 N–H and O–H groups in total. The molecule has 0 aromatic carbocycles. The summed E-state index contributed by atoms with van der Waals surface area (Å²) in [4.78, 5) is 11.7. The summed E-state index contributed by atoms with van der Waals surface area (Å²) in [6, 6.07) is 4.13. The number of pyridine rings is 1. The minimum Gasteiger partial charge on any atom is -1.00 e. The first kappa shape index (κ1) is 24.9. The summed E-state index contributed by atoms with van der Waals surface area (Å²) in [5, 5.41) is 0. The van der Waals surface area contributed by atoms with E-state index in [0.29, 0.717) is 13.0 Å². The van der Waals surface area contributed by atoms with Crippen molar-refractivity contribution in [2.24, 2.45) is 0 Å². The fourth-order valence-electron chi connectivity index (χ4n) is 2.95. The van der Waals surface area contributed by atoms with E-state index >= 15 is 0 Å². The van der Waals surface area contributed by atoms with E-state index in [-0.39, 0.29) is 18.4 Å². The lowest BCUT2D eigenvalue weighted by Crippen LogP contribution is -3.00. The second kappa shape index (κ2) is 17.3. The van der Waals surface area contributed by atoms with E-state index < -0.39 is 0 Å². The van der Waals surface area contributed by atoms with E-state index in [1.54, 1.807) is 0 Å². The van der Waals surface area contributed by atoms with Crippen molar-refractivity contribution in [2.45, 2.75) is 97.4 Å². The van der Waals surface area contributed by atoms with Crippen LogP contribution >= 0.6 is 0 Å². The van der Waals surface area contributed by atoms with Gasteiger partial charge in [-0.15, -0.1) is 0 Å². The zero-order valence-electron chi connectivity index (χ0n) is 16.9. The van der Waals surface area contributed by atoms with Gasteiger partial charge in [-0.25, -0.2) is 4.57 Å².